The minimum atomic E-state index is -4.68. The van der Waals surface area contributed by atoms with Gasteiger partial charge in [-0.3, -0.25) is 11.3 Å². The quantitative estimate of drug-likeness (QED) is 0.661. The second kappa shape index (κ2) is 5.83. The van der Waals surface area contributed by atoms with Gasteiger partial charge in [-0.25, -0.2) is 0 Å². The first-order valence-electron chi connectivity index (χ1n) is 6.30. The lowest BCUT2D eigenvalue weighted by Gasteiger charge is -2.33. The number of nitrogens with one attached hydrogen (secondary N) is 1. The van der Waals surface area contributed by atoms with Crippen LogP contribution in [0, 0.1) is 0 Å². The van der Waals surface area contributed by atoms with E-state index in [0.717, 1.165) is 18.6 Å². The van der Waals surface area contributed by atoms with E-state index < -0.39 is 6.36 Å². The van der Waals surface area contributed by atoms with Crippen LogP contribution in [-0.4, -0.2) is 16.9 Å². The maximum absolute atomic E-state index is 12.3. The molecule has 0 bridgehead atoms. The smallest absolute Gasteiger partial charge is 0.406 e. The molecule has 1 heterocycles. The van der Waals surface area contributed by atoms with Crippen LogP contribution in [0.2, 0.25) is 0 Å². The van der Waals surface area contributed by atoms with Crippen LogP contribution in [0.4, 0.5) is 13.2 Å². The molecule has 1 aliphatic heterocycles. The van der Waals surface area contributed by atoms with Gasteiger partial charge in [0.1, 0.15) is 5.75 Å². The zero-order valence-corrected chi connectivity index (χ0v) is 11.9. The molecular formula is C13H17F3N2OS. The number of rotatable bonds is 4. The number of nitrogens with two attached hydrogens (primary N) is 1. The maximum atomic E-state index is 12.3. The number of alkyl halides is 3. The normalized spacial score (nSPS) is 24.6. The molecule has 0 radical (unpaired) electrons. The molecule has 0 spiro atoms. The third kappa shape index (κ3) is 3.59. The summed E-state index contributed by atoms with van der Waals surface area (Å²) in [5, 5.41) is 0. The van der Waals surface area contributed by atoms with E-state index in [1.165, 1.54) is 12.1 Å². The Morgan fingerprint density at radius 1 is 1.45 bits per heavy atom. The summed E-state index contributed by atoms with van der Waals surface area (Å²) in [4.78, 5) is 0. The van der Waals surface area contributed by atoms with Gasteiger partial charge in [-0.15, -0.1) is 13.2 Å². The SMILES string of the molecule is CC1(C(NN)c2cccc(OC(F)(F)F)c2)CCCS1. The van der Waals surface area contributed by atoms with Crippen molar-refractivity contribution >= 4 is 11.8 Å². The number of ether oxygens (including phenoxy) is 1. The summed E-state index contributed by atoms with van der Waals surface area (Å²) in [6.07, 6.45) is -2.63. The van der Waals surface area contributed by atoms with E-state index in [0.29, 0.717) is 5.56 Å². The van der Waals surface area contributed by atoms with Gasteiger partial charge in [-0.1, -0.05) is 12.1 Å². The fraction of sp³-hybridized carbons (Fsp3) is 0.538. The van der Waals surface area contributed by atoms with Crippen LogP contribution in [-0.2, 0) is 0 Å². The highest BCUT2D eigenvalue weighted by Gasteiger charge is 2.38. The van der Waals surface area contributed by atoms with Gasteiger partial charge in [-0.2, -0.15) is 11.8 Å². The third-order valence-electron chi connectivity index (χ3n) is 3.45. The summed E-state index contributed by atoms with van der Waals surface area (Å²) in [7, 11) is 0. The highest BCUT2D eigenvalue weighted by molar-refractivity contribution is 8.00. The van der Waals surface area contributed by atoms with Crippen LogP contribution in [0.1, 0.15) is 31.4 Å². The van der Waals surface area contributed by atoms with E-state index >= 15 is 0 Å². The van der Waals surface area contributed by atoms with Crippen molar-refractivity contribution in [1.29, 1.82) is 0 Å². The zero-order chi connectivity index (χ0) is 14.8. The average Bonchev–Trinajstić information content (AvgIpc) is 2.76. The third-order valence-corrected chi connectivity index (χ3v) is 5.04. The van der Waals surface area contributed by atoms with Crippen molar-refractivity contribution in [1.82, 2.24) is 5.43 Å². The average molecular weight is 306 g/mol. The Morgan fingerprint density at radius 2 is 2.20 bits per heavy atom. The van der Waals surface area contributed by atoms with E-state index in [4.69, 9.17) is 5.84 Å². The lowest BCUT2D eigenvalue weighted by atomic mass is 9.90. The Balaban J connectivity index is 2.24. The molecule has 1 saturated heterocycles. The molecule has 0 aliphatic carbocycles. The molecule has 2 unspecified atom stereocenters. The molecule has 2 atom stereocenters. The van der Waals surface area contributed by atoms with E-state index in [-0.39, 0.29) is 16.5 Å². The Labute approximate surface area is 120 Å². The minimum Gasteiger partial charge on any atom is -0.406 e. The summed E-state index contributed by atoms with van der Waals surface area (Å²) >= 11 is 1.79. The van der Waals surface area contributed by atoms with Gasteiger partial charge < -0.3 is 4.74 Å². The molecule has 3 nitrogen and oxygen atoms in total. The van der Waals surface area contributed by atoms with Crippen LogP contribution >= 0.6 is 11.8 Å². The first kappa shape index (κ1) is 15.5. The fourth-order valence-electron chi connectivity index (χ4n) is 2.54. The topological polar surface area (TPSA) is 47.3 Å². The van der Waals surface area contributed by atoms with Gasteiger partial charge in [-0.05, 0) is 43.2 Å². The molecule has 0 amide bonds. The lowest BCUT2D eigenvalue weighted by molar-refractivity contribution is -0.274. The highest BCUT2D eigenvalue weighted by atomic mass is 32.2. The molecule has 2 rings (SSSR count). The summed E-state index contributed by atoms with van der Waals surface area (Å²) in [5.41, 5.74) is 3.43. The lowest BCUT2D eigenvalue weighted by Crippen LogP contribution is -2.41. The van der Waals surface area contributed by atoms with Crippen LogP contribution < -0.4 is 16.0 Å². The minimum absolute atomic E-state index is 0.119. The molecule has 1 aromatic carbocycles. The van der Waals surface area contributed by atoms with Crippen LogP contribution in [0.5, 0.6) is 5.75 Å². The van der Waals surface area contributed by atoms with E-state index in [9.17, 15) is 13.2 Å². The first-order chi connectivity index (χ1) is 9.34. The van der Waals surface area contributed by atoms with Crippen molar-refractivity contribution < 1.29 is 17.9 Å². The highest BCUT2D eigenvalue weighted by Crippen LogP contribution is 2.46. The second-order valence-electron chi connectivity index (χ2n) is 4.98. The first-order valence-corrected chi connectivity index (χ1v) is 7.28. The van der Waals surface area contributed by atoms with Gasteiger partial charge in [0.05, 0.1) is 6.04 Å². The standard InChI is InChI=1S/C13H17F3N2OS/c1-12(6-3-7-20-12)11(18-17)9-4-2-5-10(8-9)19-13(14,15)16/h2,4-5,8,11,18H,3,6-7,17H2,1H3. The van der Waals surface area contributed by atoms with E-state index in [1.807, 2.05) is 0 Å². The van der Waals surface area contributed by atoms with Crippen molar-refractivity contribution in [3.63, 3.8) is 0 Å². The van der Waals surface area contributed by atoms with Crippen LogP contribution in [0.3, 0.4) is 0 Å². The summed E-state index contributed by atoms with van der Waals surface area (Å²) in [6, 6.07) is 5.77. The largest absolute Gasteiger partial charge is 0.573 e. The van der Waals surface area contributed by atoms with Crippen molar-refractivity contribution in [2.24, 2.45) is 5.84 Å². The Morgan fingerprint density at radius 3 is 2.75 bits per heavy atom. The molecule has 3 N–H and O–H groups in total. The molecule has 1 fully saturated rings. The molecule has 0 saturated carbocycles. The summed E-state index contributed by atoms with van der Waals surface area (Å²) in [6.45, 7) is 2.08. The number of thioether (sulfide) groups is 1. The summed E-state index contributed by atoms with van der Waals surface area (Å²) in [5.74, 6) is 6.44. The Hall–Kier alpha value is -0.920. The van der Waals surface area contributed by atoms with Gasteiger partial charge in [0.2, 0.25) is 0 Å². The number of benzene rings is 1. The van der Waals surface area contributed by atoms with Gasteiger partial charge in [0.15, 0.2) is 0 Å². The number of halogens is 3. The molecule has 112 valence electrons. The molecule has 7 heteroatoms. The number of hydrazine groups is 1. The number of hydrogen-bond donors (Lipinski definition) is 2. The monoisotopic (exact) mass is 306 g/mol. The maximum Gasteiger partial charge on any atom is 0.573 e. The Kier molecular flexibility index (Phi) is 4.51. The van der Waals surface area contributed by atoms with Gasteiger partial charge >= 0.3 is 6.36 Å². The van der Waals surface area contributed by atoms with Crippen molar-refractivity contribution in [3.8, 4) is 5.75 Å². The summed E-state index contributed by atoms with van der Waals surface area (Å²) < 4.78 is 40.6. The molecule has 1 aromatic rings. The number of hydrogen-bond acceptors (Lipinski definition) is 4. The predicted molar refractivity (Wildman–Crippen MR) is 73.3 cm³/mol. The fourth-order valence-corrected chi connectivity index (χ4v) is 3.96. The van der Waals surface area contributed by atoms with Gasteiger partial charge in [0.25, 0.3) is 0 Å². The van der Waals surface area contributed by atoms with Gasteiger partial charge in [0, 0.05) is 4.75 Å². The molecular weight excluding hydrogens is 289 g/mol. The van der Waals surface area contributed by atoms with E-state index in [2.05, 4.69) is 17.1 Å². The van der Waals surface area contributed by atoms with Crippen molar-refractivity contribution in [2.75, 3.05) is 5.75 Å². The molecule has 0 aromatic heterocycles. The van der Waals surface area contributed by atoms with Crippen LogP contribution in [0.15, 0.2) is 24.3 Å². The van der Waals surface area contributed by atoms with E-state index in [1.54, 1.807) is 23.9 Å². The Bertz CT molecular complexity index is 461. The molecule has 20 heavy (non-hydrogen) atoms. The molecule has 1 aliphatic rings. The predicted octanol–water partition coefficient (Wildman–Crippen LogP) is 3.38. The van der Waals surface area contributed by atoms with Crippen molar-refractivity contribution in [2.45, 2.75) is 36.9 Å². The van der Waals surface area contributed by atoms with Crippen LogP contribution in [0.25, 0.3) is 0 Å². The zero-order valence-electron chi connectivity index (χ0n) is 11.0. The van der Waals surface area contributed by atoms with Crippen molar-refractivity contribution in [3.05, 3.63) is 29.8 Å². The second-order valence-corrected chi connectivity index (χ2v) is 6.61.